The van der Waals surface area contributed by atoms with Gasteiger partial charge in [0.1, 0.15) is 17.5 Å². The SMILES string of the molecule is OC(CNc1ccc(F)c(Cl)c1)c1ccc(F)cc1F. The molecule has 20 heavy (non-hydrogen) atoms. The summed E-state index contributed by atoms with van der Waals surface area (Å²) in [6, 6.07) is 6.91. The Labute approximate surface area is 118 Å². The Hall–Kier alpha value is -1.72. The second-order valence-electron chi connectivity index (χ2n) is 4.19. The highest BCUT2D eigenvalue weighted by atomic mass is 35.5. The number of nitrogens with one attached hydrogen (secondary N) is 1. The number of rotatable bonds is 4. The molecule has 0 saturated heterocycles. The molecule has 0 radical (unpaired) electrons. The Morgan fingerprint density at radius 3 is 2.45 bits per heavy atom. The number of aliphatic hydroxyl groups is 1. The molecule has 0 spiro atoms. The van der Waals surface area contributed by atoms with E-state index < -0.39 is 23.6 Å². The summed E-state index contributed by atoms with van der Waals surface area (Å²) in [5, 5.41) is 12.6. The molecule has 2 nitrogen and oxygen atoms in total. The van der Waals surface area contributed by atoms with Crippen molar-refractivity contribution >= 4 is 17.3 Å². The molecule has 0 amide bonds. The van der Waals surface area contributed by atoms with Gasteiger partial charge in [-0.05, 0) is 24.3 Å². The fraction of sp³-hybridized carbons (Fsp3) is 0.143. The Kier molecular flexibility index (Phi) is 4.52. The zero-order valence-electron chi connectivity index (χ0n) is 10.2. The Balaban J connectivity index is 2.04. The number of benzene rings is 2. The maximum absolute atomic E-state index is 13.4. The number of aliphatic hydroxyl groups excluding tert-OH is 1. The molecule has 0 fully saturated rings. The molecule has 0 aliphatic rings. The molecule has 2 aromatic rings. The minimum atomic E-state index is -1.17. The van der Waals surface area contributed by atoms with E-state index in [0.717, 1.165) is 6.07 Å². The molecule has 2 rings (SSSR count). The minimum Gasteiger partial charge on any atom is -0.386 e. The molecule has 106 valence electrons. The van der Waals surface area contributed by atoms with Gasteiger partial charge in [-0.25, -0.2) is 13.2 Å². The topological polar surface area (TPSA) is 32.3 Å². The van der Waals surface area contributed by atoms with Crippen molar-refractivity contribution in [3.8, 4) is 0 Å². The summed E-state index contributed by atoms with van der Waals surface area (Å²) in [6.45, 7) is -0.0233. The average Bonchev–Trinajstić information content (AvgIpc) is 2.40. The van der Waals surface area contributed by atoms with Gasteiger partial charge in [0, 0.05) is 23.9 Å². The molecule has 1 unspecified atom stereocenters. The highest BCUT2D eigenvalue weighted by Gasteiger charge is 2.13. The normalized spacial score (nSPS) is 12.2. The van der Waals surface area contributed by atoms with Crippen LogP contribution in [0.5, 0.6) is 0 Å². The summed E-state index contributed by atoms with van der Waals surface area (Å²) in [6.07, 6.45) is -1.17. The summed E-state index contributed by atoms with van der Waals surface area (Å²) >= 11 is 5.61. The lowest BCUT2D eigenvalue weighted by atomic mass is 10.1. The van der Waals surface area contributed by atoms with Gasteiger partial charge in [-0.1, -0.05) is 17.7 Å². The first-order chi connectivity index (χ1) is 9.47. The Morgan fingerprint density at radius 2 is 1.80 bits per heavy atom. The monoisotopic (exact) mass is 301 g/mol. The molecule has 2 N–H and O–H groups in total. The van der Waals surface area contributed by atoms with Crippen molar-refractivity contribution in [1.82, 2.24) is 0 Å². The van der Waals surface area contributed by atoms with Crippen molar-refractivity contribution in [2.75, 3.05) is 11.9 Å². The summed E-state index contributed by atoms with van der Waals surface area (Å²) in [5.41, 5.74) is 0.463. The second kappa shape index (κ2) is 6.15. The quantitative estimate of drug-likeness (QED) is 0.897. The molecule has 0 aromatic heterocycles. The fourth-order valence-corrected chi connectivity index (χ4v) is 1.88. The maximum atomic E-state index is 13.4. The summed E-state index contributed by atoms with van der Waals surface area (Å²) in [7, 11) is 0. The largest absolute Gasteiger partial charge is 0.386 e. The van der Waals surface area contributed by atoms with Crippen molar-refractivity contribution in [2.24, 2.45) is 0 Å². The second-order valence-corrected chi connectivity index (χ2v) is 4.60. The van der Waals surface area contributed by atoms with Crippen LogP contribution in [0.25, 0.3) is 0 Å². The van der Waals surface area contributed by atoms with Gasteiger partial charge in [0.05, 0.1) is 11.1 Å². The summed E-state index contributed by atoms with van der Waals surface area (Å²) in [5.74, 6) is -2.09. The molecular formula is C14H11ClF3NO. The van der Waals surface area contributed by atoms with Gasteiger partial charge >= 0.3 is 0 Å². The van der Waals surface area contributed by atoms with Crippen molar-refractivity contribution in [1.29, 1.82) is 0 Å². The van der Waals surface area contributed by atoms with E-state index in [1.807, 2.05) is 0 Å². The molecule has 0 bridgehead atoms. The van der Waals surface area contributed by atoms with E-state index in [0.29, 0.717) is 11.8 Å². The number of hydrogen-bond donors (Lipinski definition) is 2. The molecular weight excluding hydrogens is 291 g/mol. The first-order valence-corrected chi connectivity index (χ1v) is 6.17. The lowest BCUT2D eigenvalue weighted by molar-refractivity contribution is 0.186. The molecule has 6 heteroatoms. The van der Waals surface area contributed by atoms with Gasteiger partial charge in [-0.15, -0.1) is 0 Å². The van der Waals surface area contributed by atoms with Gasteiger partial charge in [-0.3, -0.25) is 0 Å². The first kappa shape index (κ1) is 14.7. The lowest BCUT2D eigenvalue weighted by Gasteiger charge is -2.14. The highest BCUT2D eigenvalue weighted by molar-refractivity contribution is 6.31. The van der Waals surface area contributed by atoms with Crippen LogP contribution in [0.1, 0.15) is 11.7 Å². The van der Waals surface area contributed by atoms with Crippen molar-refractivity contribution < 1.29 is 18.3 Å². The van der Waals surface area contributed by atoms with Crippen LogP contribution in [0, 0.1) is 17.5 Å². The molecule has 0 heterocycles. The summed E-state index contributed by atoms with van der Waals surface area (Å²) in [4.78, 5) is 0. The zero-order chi connectivity index (χ0) is 14.7. The van der Waals surface area contributed by atoms with E-state index in [9.17, 15) is 18.3 Å². The van der Waals surface area contributed by atoms with Gasteiger partial charge in [0.15, 0.2) is 0 Å². The summed E-state index contributed by atoms with van der Waals surface area (Å²) < 4.78 is 39.2. The van der Waals surface area contributed by atoms with Crippen molar-refractivity contribution in [2.45, 2.75) is 6.10 Å². The third-order valence-electron chi connectivity index (χ3n) is 2.74. The average molecular weight is 302 g/mol. The third-order valence-corrected chi connectivity index (χ3v) is 3.03. The van der Waals surface area contributed by atoms with E-state index >= 15 is 0 Å². The van der Waals surface area contributed by atoms with Crippen LogP contribution < -0.4 is 5.32 Å². The smallest absolute Gasteiger partial charge is 0.141 e. The van der Waals surface area contributed by atoms with E-state index in [-0.39, 0.29) is 17.1 Å². The van der Waals surface area contributed by atoms with E-state index in [1.54, 1.807) is 0 Å². The molecule has 0 saturated carbocycles. The van der Waals surface area contributed by atoms with Crippen LogP contribution in [-0.2, 0) is 0 Å². The number of halogens is 4. The highest BCUT2D eigenvalue weighted by Crippen LogP contribution is 2.22. The zero-order valence-corrected chi connectivity index (χ0v) is 11.0. The third kappa shape index (κ3) is 3.43. The van der Waals surface area contributed by atoms with Gasteiger partial charge in [0.25, 0.3) is 0 Å². The van der Waals surface area contributed by atoms with Crippen LogP contribution in [-0.4, -0.2) is 11.7 Å². The molecule has 0 aliphatic heterocycles. The van der Waals surface area contributed by atoms with Crippen LogP contribution in [0.4, 0.5) is 18.9 Å². The lowest BCUT2D eigenvalue weighted by Crippen LogP contribution is -2.13. The predicted molar refractivity (Wildman–Crippen MR) is 71.2 cm³/mol. The standard InChI is InChI=1S/C14H11ClF3NO/c15-11-6-9(2-4-12(11)17)19-7-14(20)10-3-1-8(16)5-13(10)18/h1-6,14,19-20H,7H2. The van der Waals surface area contributed by atoms with Gasteiger partial charge in [0.2, 0.25) is 0 Å². The van der Waals surface area contributed by atoms with Gasteiger partial charge < -0.3 is 10.4 Å². The minimum absolute atomic E-state index is 0.0212. The molecule has 2 aromatic carbocycles. The van der Waals surface area contributed by atoms with Crippen LogP contribution in [0.15, 0.2) is 36.4 Å². The maximum Gasteiger partial charge on any atom is 0.141 e. The Bertz CT molecular complexity index is 621. The van der Waals surface area contributed by atoms with E-state index in [2.05, 4.69) is 5.32 Å². The van der Waals surface area contributed by atoms with E-state index in [4.69, 9.17) is 11.6 Å². The first-order valence-electron chi connectivity index (χ1n) is 5.79. The molecule has 1 atom stereocenters. The van der Waals surface area contributed by atoms with Crippen molar-refractivity contribution in [3.63, 3.8) is 0 Å². The number of hydrogen-bond acceptors (Lipinski definition) is 2. The fourth-order valence-electron chi connectivity index (χ4n) is 1.70. The predicted octanol–water partition coefficient (Wildman–Crippen LogP) is 3.90. The van der Waals surface area contributed by atoms with E-state index in [1.165, 1.54) is 24.3 Å². The van der Waals surface area contributed by atoms with Gasteiger partial charge in [-0.2, -0.15) is 0 Å². The van der Waals surface area contributed by atoms with Crippen LogP contribution in [0.3, 0.4) is 0 Å². The van der Waals surface area contributed by atoms with Crippen molar-refractivity contribution in [3.05, 3.63) is 64.4 Å². The number of anilines is 1. The molecule has 0 aliphatic carbocycles. The van der Waals surface area contributed by atoms with Crippen LogP contribution in [0.2, 0.25) is 5.02 Å². The van der Waals surface area contributed by atoms with Crippen LogP contribution >= 0.6 is 11.6 Å². The Morgan fingerprint density at radius 1 is 1.05 bits per heavy atom.